The maximum Gasteiger partial charge on any atom is 0.242 e. The molecule has 0 aliphatic rings. The molecule has 0 saturated carbocycles. The van der Waals surface area contributed by atoms with Crippen molar-refractivity contribution in [2.24, 2.45) is 0 Å². The van der Waals surface area contributed by atoms with Crippen molar-refractivity contribution in [2.45, 2.75) is 4.90 Å². The van der Waals surface area contributed by atoms with Gasteiger partial charge in [-0.15, -0.1) is 0 Å². The van der Waals surface area contributed by atoms with E-state index in [9.17, 15) is 8.42 Å². The van der Waals surface area contributed by atoms with Crippen molar-refractivity contribution in [3.8, 4) is 0 Å². The van der Waals surface area contributed by atoms with Gasteiger partial charge in [-0.2, -0.15) is 0 Å². The molecule has 0 saturated heterocycles. The summed E-state index contributed by atoms with van der Waals surface area (Å²) in [5, 5.41) is 0.809. The summed E-state index contributed by atoms with van der Waals surface area (Å²) in [7, 11) is -2.19. The van der Waals surface area contributed by atoms with Crippen molar-refractivity contribution < 1.29 is 13.3 Å². The number of sulfonamides is 1. The summed E-state index contributed by atoms with van der Waals surface area (Å²) in [4.78, 5) is 8.80. The smallest absolute Gasteiger partial charge is 0.242 e. The molecule has 2 N–H and O–H groups in total. The number of nitrogens with one attached hydrogen (secondary N) is 2. The van der Waals surface area contributed by atoms with Crippen LogP contribution in [0.1, 0.15) is 5.56 Å². The van der Waals surface area contributed by atoms with Gasteiger partial charge in [0.1, 0.15) is 4.90 Å². The van der Waals surface area contributed by atoms with Gasteiger partial charge >= 0.3 is 0 Å². The molecular weight excluding hydrogens is 373 g/mol. The van der Waals surface area contributed by atoms with Crippen LogP contribution in [-0.4, -0.2) is 27.1 Å². The lowest BCUT2D eigenvalue weighted by atomic mass is 10.1. The van der Waals surface area contributed by atoms with Crippen molar-refractivity contribution in [3.05, 3.63) is 64.4 Å². The summed E-state index contributed by atoms with van der Waals surface area (Å²) < 4.78 is 26.7. The second-order valence-electron chi connectivity index (χ2n) is 4.59. The average Bonchev–Trinajstić information content (AvgIpc) is 2.57. The standard InChI is InChI=1S/C15H15Cl2N3O3S/c1-23-20-15(11-4-5-13(16)14(17)9-11)6-8-19-24(21,22)12-3-2-7-18-10-12/h2-7,9-10,19-20H,8H2,1H3/b15-6-. The van der Waals surface area contributed by atoms with Gasteiger partial charge in [0.25, 0.3) is 0 Å². The fourth-order valence-electron chi connectivity index (χ4n) is 1.83. The maximum absolute atomic E-state index is 12.1. The van der Waals surface area contributed by atoms with Crippen molar-refractivity contribution in [1.29, 1.82) is 0 Å². The van der Waals surface area contributed by atoms with Gasteiger partial charge in [-0.05, 0) is 30.3 Å². The molecule has 0 amide bonds. The number of nitrogens with zero attached hydrogens (tertiary/aromatic N) is 1. The Morgan fingerprint density at radius 3 is 2.71 bits per heavy atom. The lowest BCUT2D eigenvalue weighted by Gasteiger charge is -2.11. The Labute approximate surface area is 150 Å². The van der Waals surface area contributed by atoms with Gasteiger partial charge in [0, 0.05) is 24.5 Å². The van der Waals surface area contributed by atoms with Crippen molar-refractivity contribution in [1.82, 2.24) is 15.2 Å². The number of hydrogen-bond acceptors (Lipinski definition) is 5. The summed E-state index contributed by atoms with van der Waals surface area (Å²) in [5.74, 6) is 0. The molecule has 6 nitrogen and oxygen atoms in total. The highest BCUT2D eigenvalue weighted by Crippen LogP contribution is 2.25. The molecule has 24 heavy (non-hydrogen) atoms. The van der Waals surface area contributed by atoms with Gasteiger partial charge in [-0.3, -0.25) is 15.3 Å². The first-order chi connectivity index (χ1) is 11.4. The van der Waals surface area contributed by atoms with Crippen LogP contribution in [0.25, 0.3) is 5.70 Å². The molecule has 0 aliphatic heterocycles. The van der Waals surface area contributed by atoms with E-state index in [-0.39, 0.29) is 11.4 Å². The van der Waals surface area contributed by atoms with E-state index >= 15 is 0 Å². The molecule has 0 radical (unpaired) electrons. The normalized spacial score (nSPS) is 12.2. The third-order valence-electron chi connectivity index (χ3n) is 2.97. The topological polar surface area (TPSA) is 80.3 Å². The second kappa shape index (κ2) is 8.46. The predicted octanol–water partition coefficient (Wildman–Crippen LogP) is 2.86. The molecule has 0 unspecified atom stereocenters. The molecule has 0 aliphatic carbocycles. The quantitative estimate of drug-likeness (QED) is 0.713. The van der Waals surface area contributed by atoms with Crippen LogP contribution in [0.4, 0.5) is 0 Å². The van der Waals surface area contributed by atoms with Gasteiger partial charge in [0.15, 0.2) is 0 Å². The van der Waals surface area contributed by atoms with Gasteiger partial charge in [0.05, 0.1) is 22.9 Å². The zero-order valence-corrected chi connectivity index (χ0v) is 15.0. The molecule has 0 atom stereocenters. The van der Waals surface area contributed by atoms with Crippen LogP contribution in [0, 0.1) is 0 Å². The summed E-state index contributed by atoms with van der Waals surface area (Å²) in [6, 6.07) is 8.05. The van der Waals surface area contributed by atoms with Crippen molar-refractivity contribution in [3.63, 3.8) is 0 Å². The zero-order chi connectivity index (χ0) is 17.6. The predicted molar refractivity (Wildman–Crippen MR) is 94.0 cm³/mol. The molecule has 0 spiro atoms. The molecule has 2 rings (SSSR count). The monoisotopic (exact) mass is 387 g/mol. The first-order valence-electron chi connectivity index (χ1n) is 6.78. The molecule has 1 aromatic heterocycles. The number of rotatable bonds is 7. The van der Waals surface area contributed by atoms with Gasteiger partial charge in [0.2, 0.25) is 10.0 Å². The van der Waals surface area contributed by atoms with E-state index < -0.39 is 10.0 Å². The third-order valence-corrected chi connectivity index (χ3v) is 5.11. The van der Waals surface area contributed by atoms with Crippen LogP contribution in [0.3, 0.4) is 0 Å². The first-order valence-corrected chi connectivity index (χ1v) is 9.02. The van der Waals surface area contributed by atoms with Crippen LogP contribution in [0.2, 0.25) is 10.0 Å². The maximum atomic E-state index is 12.1. The van der Waals surface area contributed by atoms with Gasteiger partial charge < -0.3 is 0 Å². The number of benzene rings is 1. The molecule has 0 fully saturated rings. The molecule has 128 valence electrons. The molecule has 9 heteroatoms. The van der Waals surface area contributed by atoms with E-state index in [1.54, 1.807) is 30.3 Å². The van der Waals surface area contributed by atoms with Gasteiger partial charge in [-0.25, -0.2) is 13.1 Å². The minimum Gasteiger partial charge on any atom is -0.279 e. The highest BCUT2D eigenvalue weighted by molar-refractivity contribution is 7.89. The number of aromatic nitrogens is 1. The SMILES string of the molecule is CON/C(=C\CNS(=O)(=O)c1cccnc1)c1ccc(Cl)c(Cl)c1. The van der Waals surface area contributed by atoms with E-state index in [2.05, 4.69) is 15.2 Å². The molecule has 1 heterocycles. The first kappa shape index (κ1) is 18.7. The average molecular weight is 388 g/mol. The van der Waals surface area contributed by atoms with Crippen LogP contribution >= 0.6 is 23.2 Å². The number of halogens is 2. The molecule has 0 bridgehead atoms. The van der Waals surface area contributed by atoms with E-state index in [0.29, 0.717) is 21.3 Å². The largest absolute Gasteiger partial charge is 0.279 e. The summed E-state index contributed by atoms with van der Waals surface area (Å²) in [5.41, 5.74) is 3.93. The fraction of sp³-hybridized carbons (Fsp3) is 0.133. The number of pyridine rings is 1. The Kier molecular flexibility index (Phi) is 6.59. The molecule has 2 aromatic rings. The molecular formula is C15H15Cl2N3O3S. The van der Waals surface area contributed by atoms with Crippen LogP contribution in [0.15, 0.2) is 53.7 Å². The Morgan fingerprint density at radius 1 is 1.29 bits per heavy atom. The van der Waals surface area contributed by atoms with Crippen LogP contribution in [-0.2, 0) is 14.9 Å². The summed E-state index contributed by atoms with van der Waals surface area (Å²) in [6.45, 7) is 0.0448. The lowest BCUT2D eigenvalue weighted by Crippen LogP contribution is -2.24. The Hall–Kier alpha value is -1.64. The lowest BCUT2D eigenvalue weighted by molar-refractivity contribution is 0.136. The molecule has 1 aromatic carbocycles. The fourth-order valence-corrected chi connectivity index (χ4v) is 3.06. The highest BCUT2D eigenvalue weighted by Gasteiger charge is 2.13. The summed E-state index contributed by atoms with van der Waals surface area (Å²) >= 11 is 11.9. The van der Waals surface area contributed by atoms with Gasteiger partial charge in [-0.1, -0.05) is 29.3 Å². The Morgan fingerprint density at radius 2 is 2.08 bits per heavy atom. The van der Waals surface area contributed by atoms with E-state index in [1.807, 2.05) is 0 Å². The van der Waals surface area contributed by atoms with E-state index in [4.69, 9.17) is 28.0 Å². The minimum atomic E-state index is -3.64. The Bertz CT molecular complexity index is 827. The van der Waals surface area contributed by atoms with Crippen molar-refractivity contribution in [2.75, 3.05) is 13.7 Å². The van der Waals surface area contributed by atoms with E-state index in [1.165, 1.54) is 25.6 Å². The van der Waals surface area contributed by atoms with Crippen LogP contribution in [0.5, 0.6) is 0 Å². The number of hydrogen-bond donors (Lipinski definition) is 2. The van der Waals surface area contributed by atoms with Crippen LogP contribution < -0.4 is 10.2 Å². The minimum absolute atomic E-state index is 0.0448. The second-order valence-corrected chi connectivity index (χ2v) is 7.17. The number of hydroxylamine groups is 1. The zero-order valence-electron chi connectivity index (χ0n) is 12.7. The van der Waals surface area contributed by atoms with E-state index in [0.717, 1.165) is 0 Å². The highest BCUT2D eigenvalue weighted by atomic mass is 35.5. The van der Waals surface area contributed by atoms with Crippen molar-refractivity contribution >= 4 is 38.9 Å². The summed E-state index contributed by atoms with van der Waals surface area (Å²) in [6.07, 6.45) is 4.40. The third kappa shape index (κ3) is 4.93. The Balaban J connectivity index is 2.15.